The summed E-state index contributed by atoms with van der Waals surface area (Å²) in [5.74, 6) is 0.921. The second-order valence-corrected chi connectivity index (χ2v) is 12.0. The van der Waals surface area contributed by atoms with Crippen LogP contribution in [0, 0.1) is 5.92 Å². The average Bonchev–Trinajstić information content (AvgIpc) is 3.05. The molecule has 8 nitrogen and oxygen atoms in total. The lowest BCUT2D eigenvalue weighted by atomic mass is 9.92. The summed E-state index contributed by atoms with van der Waals surface area (Å²) in [6, 6.07) is 1.85. The highest BCUT2D eigenvalue weighted by Crippen LogP contribution is 2.29. The maximum atomic E-state index is 13.1. The standard InChI is InChI=1S/C24H43N5O3/c1-22(2,3)18-14-19(29(26-18)23(4,5)6)25-20(30)28-13-11-12-17(16-28)15-27(10)21(31)32-24(7,8)9/h14,17H,11-13,15-16H2,1-10H3,(H,25,30). The lowest BCUT2D eigenvalue weighted by Crippen LogP contribution is -2.46. The normalized spacial score (nSPS) is 17.8. The number of carbonyl (C=O) groups excluding carboxylic acids is 2. The Morgan fingerprint density at radius 3 is 2.31 bits per heavy atom. The topological polar surface area (TPSA) is 79.7 Å². The summed E-state index contributed by atoms with van der Waals surface area (Å²) in [4.78, 5) is 28.9. The van der Waals surface area contributed by atoms with E-state index in [1.807, 2.05) is 36.4 Å². The molecule has 182 valence electrons. The molecule has 2 rings (SSSR count). The molecule has 1 N–H and O–H groups in total. The number of nitrogens with one attached hydrogen (secondary N) is 1. The van der Waals surface area contributed by atoms with Gasteiger partial charge >= 0.3 is 12.1 Å². The lowest BCUT2D eigenvalue weighted by molar-refractivity contribution is 0.0253. The number of hydrogen-bond acceptors (Lipinski definition) is 4. The zero-order valence-corrected chi connectivity index (χ0v) is 21.7. The van der Waals surface area contributed by atoms with Crippen LogP contribution in [0.1, 0.15) is 80.8 Å². The van der Waals surface area contributed by atoms with Gasteiger partial charge in [-0.05, 0) is 60.3 Å². The number of piperidine rings is 1. The number of carbonyl (C=O) groups is 2. The first-order chi connectivity index (χ1) is 14.5. The first kappa shape index (κ1) is 26.0. The van der Waals surface area contributed by atoms with Gasteiger partial charge in [0, 0.05) is 38.2 Å². The summed E-state index contributed by atoms with van der Waals surface area (Å²) >= 11 is 0. The minimum atomic E-state index is -0.522. The summed E-state index contributed by atoms with van der Waals surface area (Å²) < 4.78 is 7.35. The predicted molar refractivity (Wildman–Crippen MR) is 128 cm³/mol. The molecule has 1 aliphatic heterocycles. The minimum Gasteiger partial charge on any atom is -0.444 e. The van der Waals surface area contributed by atoms with Crippen molar-refractivity contribution in [2.75, 3.05) is 32.0 Å². The fourth-order valence-electron chi connectivity index (χ4n) is 3.74. The number of aromatic nitrogens is 2. The van der Waals surface area contributed by atoms with Crippen LogP contribution in [0.3, 0.4) is 0 Å². The first-order valence-corrected chi connectivity index (χ1v) is 11.6. The summed E-state index contributed by atoms with van der Waals surface area (Å²) in [5, 5.41) is 7.87. The molecule has 0 spiro atoms. The molecule has 32 heavy (non-hydrogen) atoms. The third-order valence-electron chi connectivity index (χ3n) is 5.39. The number of rotatable bonds is 3. The molecule has 1 atom stereocenters. The van der Waals surface area contributed by atoms with Gasteiger partial charge in [-0.3, -0.25) is 5.32 Å². The number of ether oxygens (including phenoxy) is 1. The highest BCUT2D eigenvalue weighted by molar-refractivity contribution is 5.88. The van der Waals surface area contributed by atoms with E-state index >= 15 is 0 Å². The molecule has 1 aromatic rings. The van der Waals surface area contributed by atoms with Crippen LogP contribution in [0.25, 0.3) is 0 Å². The van der Waals surface area contributed by atoms with Gasteiger partial charge in [0.25, 0.3) is 0 Å². The molecule has 0 bridgehead atoms. The molecule has 1 aromatic heterocycles. The molecule has 1 unspecified atom stereocenters. The Kier molecular flexibility index (Phi) is 7.57. The molecule has 8 heteroatoms. The zero-order valence-electron chi connectivity index (χ0n) is 21.7. The maximum absolute atomic E-state index is 13.1. The van der Waals surface area contributed by atoms with Crippen molar-refractivity contribution in [2.24, 2.45) is 5.92 Å². The Morgan fingerprint density at radius 2 is 1.78 bits per heavy atom. The molecule has 0 aromatic carbocycles. The largest absolute Gasteiger partial charge is 0.444 e. The first-order valence-electron chi connectivity index (χ1n) is 11.6. The van der Waals surface area contributed by atoms with Crippen LogP contribution in [-0.2, 0) is 15.7 Å². The second-order valence-electron chi connectivity index (χ2n) is 12.0. The van der Waals surface area contributed by atoms with E-state index < -0.39 is 5.60 Å². The Morgan fingerprint density at radius 1 is 1.16 bits per heavy atom. The summed E-state index contributed by atoms with van der Waals surface area (Å²) in [5.41, 5.74) is 0.0508. The van der Waals surface area contributed by atoms with Crippen LogP contribution in [0.15, 0.2) is 6.07 Å². The van der Waals surface area contributed by atoms with Gasteiger partial charge in [0.1, 0.15) is 11.4 Å². The van der Waals surface area contributed by atoms with Gasteiger partial charge in [0.2, 0.25) is 0 Å². The zero-order chi connectivity index (χ0) is 24.5. The predicted octanol–water partition coefficient (Wildman–Crippen LogP) is 5.05. The van der Waals surface area contributed by atoms with Crippen molar-refractivity contribution in [1.29, 1.82) is 0 Å². The molecule has 0 saturated carbocycles. The lowest BCUT2D eigenvalue weighted by Gasteiger charge is -2.35. The van der Waals surface area contributed by atoms with E-state index in [9.17, 15) is 9.59 Å². The van der Waals surface area contributed by atoms with E-state index in [0.29, 0.717) is 25.5 Å². The van der Waals surface area contributed by atoms with E-state index in [0.717, 1.165) is 18.5 Å². The highest BCUT2D eigenvalue weighted by atomic mass is 16.6. The van der Waals surface area contributed by atoms with Crippen molar-refractivity contribution >= 4 is 17.9 Å². The van der Waals surface area contributed by atoms with E-state index in [2.05, 4.69) is 46.9 Å². The summed E-state index contributed by atoms with van der Waals surface area (Å²) in [7, 11) is 1.75. The fraction of sp³-hybridized carbons (Fsp3) is 0.792. The van der Waals surface area contributed by atoms with Crippen LogP contribution in [0.4, 0.5) is 15.4 Å². The van der Waals surface area contributed by atoms with Gasteiger partial charge in [-0.15, -0.1) is 0 Å². The van der Waals surface area contributed by atoms with Crippen molar-refractivity contribution in [1.82, 2.24) is 19.6 Å². The maximum Gasteiger partial charge on any atom is 0.410 e. The van der Waals surface area contributed by atoms with E-state index in [-0.39, 0.29) is 29.0 Å². The fourth-order valence-corrected chi connectivity index (χ4v) is 3.74. The van der Waals surface area contributed by atoms with Crippen LogP contribution in [-0.4, -0.2) is 64.0 Å². The molecule has 0 aliphatic carbocycles. The van der Waals surface area contributed by atoms with Gasteiger partial charge in [0.15, 0.2) is 0 Å². The van der Waals surface area contributed by atoms with Gasteiger partial charge < -0.3 is 14.5 Å². The van der Waals surface area contributed by atoms with Crippen molar-refractivity contribution < 1.29 is 14.3 Å². The van der Waals surface area contributed by atoms with Gasteiger partial charge in [-0.1, -0.05) is 20.8 Å². The molecule has 3 amide bonds. The van der Waals surface area contributed by atoms with E-state index in [4.69, 9.17) is 9.84 Å². The Hall–Kier alpha value is -2.25. The molecular formula is C24H43N5O3. The number of likely N-dealkylation sites (tertiary alicyclic amines) is 1. The van der Waals surface area contributed by atoms with Crippen molar-refractivity contribution in [2.45, 2.75) is 91.7 Å². The number of nitrogens with zero attached hydrogens (tertiary/aromatic N) is 4. The number of amides is 3. The third-order valence-corrected chi connectivity index (χ3v) is 5.39. The van der Waals surface area contributed by atoms with Gasteiger partial charge in [-0.25, -0.2) is 14.3 Å². The Bertz CT molecular complexity index is 811. The SMILES string of the molecule is CN(CC1CCCN(C(=O)Nc2cc(C(C)(C)C)nn2C(C)(C)C)C1)C(=O)OC(C)(C)C. The smallest absolute Gasteiger partial charge is 0.410 e. The van der Waals surface area contributed by atoms with Gasteiger partial charge in [-0.2, -0.15) is 5.10 Å². The number of urea groups is 1. The molecule has 0 radical (unpaired) electrons. The number of hydrogen-bond donors (Lipinski definition) is 1. The number of anilines is 1. The van der Waals surface area contributed by atoms with Crippen LogP contribution < -0.4 is 5.32 Å². The van der Waals surface area contributed by atoms with Crippen LogP contribution in [0.5, 0.6) is 0 Å². The molecule has 2 heterocycles. The second kappa shape index (κ2) is 9.32. The molecule has 1 fully saturated rings. The van der Waals surface area contributed by atoms with Crippen LogP contribution >= 0.6 is 0 Å². The van der Waals surface area contributed by atoms with Crippen molar-refractivity contribution in [3.63, 3.8) is 0 Å². The highest BCUT2D eigenvalue weighted by Gasteiger charge is 2.30. The van der Waals surface area contributed by atoms with E-state index in [1.54, 1.807) is 11.9 Å². The average molecular weight is 450 g/mol. The van der Waals surface area contributed by atoms with Crippen molar-refractivity contribution in [3.8, 4) is 0 Å². The minimum absolute atomic E-state index is 0.113. The molecule has 1 saturated heterocycles. The van der Waals surface area contributed by atoms with Crippen LogP contribution in [0.2, 0.25) is 0 Å². The van der Waals surface area contributed by atoms with E-state index in [1.165, 1.54) is 0 Å². The Labute approximate surface area is 193 Å². The summed E-state index contributed by atoms with van der Waals surface area (Å²) in [6.07, 6.45) is 1.56. The third kappa shape index (κ3) is 7.14. The van der Waals surface area contributed by atoms with Gasteiger partial charge in [0.05, 0.1) is 11.2 Å². The molecule has 1 aliphatic rings. The Balaban J connectivity index is 2.06. The summed E-state index contributed by atoms with van der Waals surface area (Å²) in [6.45, 7) is 20.0. The van der Waals surface area contributed by atoms with Crippen molar-refractivity contribution in [3.05, 3.63) is 11.8 Å². The monoisotopic (exact) mass is 449 g/mol. The molecular weight excluding hydrogens is 406 g/mol. The quantitative estimate of drug-likeness (QED) is 0.700.